The van der Waals surface area contributed by atoms with Gasteiger partial charge < -0.3 is 0 Å². The van der Waals surface area contributed by atoms with E-state index in [9.17, 15) is 14.5 Å². The van der Waals surface area contributed by atoms with Gasteiger partial charge in [0.1, 0.15) is 0 Å². The van der Waals surface area contributed by atoms with Gasteiger partial charge in [-0.2, -0.15) is 0 Å². The number of rotatable bonds is 1. The molecule has 0 bridgehead atoms. The second-order valence-corrected chi connectivity index (χ2v) is 3.18. The van der Waals surface area contributed by atoms with E-state index in [1.54, 1.807) is 13.0 Å². The number of halogens is 1. The minimum atomic E-state index is -1.54. The molecule has 3 nitrogen and oxygen atoms in total. The molecule has 1 atom stereocenters. The number of nitro groups is 1. The molecule has 0 heterocycles. The maximum atomic E-state index is 13.1. The fourth-order valence-electron chi connectivity index (χ4n) is 1.03. The normalized spacial score (nSPS) is 29.2. The molecule has 0 aromatic rings. The van der Waals surface area contributed by atoms with Crippen molar-refractivity contribution in [2.75, 3.05) is 0 Å². The average Bonchev–Trinajstić information content (AvgIpc) is 1.97. The van der Waals surface area contributed by atoms with Gasteiger partial charge in [0.2, 0.25) is 0 Å². The lowest BCUT2D eigenvalue weighted by Gasteiger charge is -2.20. The Morgan fingerprint density at radius 1 is 1.75 bits per heavy atom. The van der Waals surface area contributed by atoms with Crippen LogP contribution < -0.4 is 0 Å². The van der Waals surface area contributed by atoms with E-state index in [1.165, 1.54) is 13.0 Å². The van der Waals surface area contributed by atoms with Crippen LogP contribution in [0.5, 0.6) is 0 Å². The molecule has 0 spiro atoms. The minimum absolute atomic E-state index is 0.133. The second-order valence-electron chi connectivity index (χ2n) is 3.18. The summed E-state index contributed by atoms with van der Waals surface area (Å²) in [7, 11) is 0. The van der Waals surface area contributed by atoms with Crippen LogP contribution in [-0.2, 0) is 0 Å². The summed E-state index contributed by atoms with van der Waals surface area (Å²) in [6.45, 7) is 3.01. The van der Waals surface area contributed by atoms with E-state index < -0.39 is 16.3 Å². The fourth-order valence-corrected chi connectivity index (χ4v) is 1.03. The van der Waals surface area contributed by atoms with Crippen molar-refractivity contribution in [1.29, 1.82) is 0 Å². The highest BCUT2D eigenvalue weighted by Crippen LogP contribution is 2.31. The Morgan fingerprint density at radius 3 is 2.75 bits per heavy atom. The van der Waals surface area contributed by atoms with Crippen molar-refractivity contribution >= 4 is 0 Å². The van der Waals surface area contributed by atoms with Gasteiger partial charge in [0.15, 0.2) is 5.83 Å². The Hall–Kier alpha value is -1.19. The Kier molecular flexibility index (Phi) is 2.00. The summed E-state index contributed by atoms with van der Waals surface area (Å²) in [4.78, 5) is 9.91. The van der Waals surface area contributed by atoms with Crippen LogP contribution in [0.3, 0.4) is 0 Å². The zero-order valence-electron chi connectivity index (χ0n) is 7.00. The quantitative estimate of drug-likeness (QED) is 0.448. The van der Waals surface area contributed by atoms with Crippen molar-refractivity contribution in [3.63, 3.8) is 0 Å². The molecular formula is C8H10FNO2. The maximum absolute atomic E-state index is 13.1. The second kappa shape index (κ2) is 2.69. The minimum Gasteiger partial charge on any atom is -0.264 e. The monoisotopic (exact) mass is 171 g/mol. The van der Waals surface area contributed by atoms with Crippen LogP contribution in [0.25, 0.3) is 0 Å². The van der Waals surface area contributed by atoms with Crippen LogP contribution in [0.15, 0.2) is 23.6 Å². The van der Waals surface area contributed by atoms with E-state index in [0.717, 1.165) is 5.57 Å². The van der Waals surface area contributed by atoms with Gasteiger partial charge in [-0.1, -0.05) is 11.6 Å². The zero-order valence-corrected chi connectivity index (χ0v) is 7.00. The van der Waals surface area contributed by atoms with Crippen molar-refractivity contribution < 1.29 is 9.31 Å². The summed E-state index contributed by atoms with van der Waals surface area (Å²) in [5.41, 5.74) is -0.800. The first-order chi connectivity index (χ1) is 5.47. The van der Waals surface area contributed by atoms with Gasteiger partial charge in [-0.3, -0.25) is 10.1 Å². The zero-order chi connectivity index (χ0) is 9.35. The molecule has 0 radical (unpaired) electrons. The van der Waals surface area contributed by atoms with Gasteiger partial charge in [0.25, 0.3) is 5.54 Å². The molecule has 0 fully saturated rings. The molecule has 1 aliphatic rings. The van der Waals surface area contributed by atoms with E-state index in [-0.39, 0.29) is 6.42 Å². The first-order valence-electron chi connectivity index (χ1n) is 3.66. The summed E-state index contributed by atoms with van der Waals surface area (Å²) >= 11 is 0. The van der Waals surface area contributed by atoms with E-state index in [2.05, 4.69) is 0 Å². The molecular weight excluding hydrogens is 161 g/mol. The molecule has 1 aliphatic carbocycles. The maximum Gasteiger partial charge on any atom is 0.273 e. The lowest BCUT2D eigenvalue weighted by molar-refractivity contribution is -0.556. The Balaban J connectivity index is 3.01. The van der Waals surface area contributed by atoms with Crippen LogP contribution in [0.1, 0.15) is 20.3 Å². The predicted octanol–water partition coefficient (Wildman–Crippen LogP) is 2.23. The highest BCUT2D eigenvalue weighted by Gasteiger charge is 2.42. The number of hydrogen-bond donors (Lipinski definition) is 0. The van der Waals surface area contributed by atoms with E-state index in [1.807, 2.05) is 0 Å². The van der Waals surface area contributed by atoms with Gasteiger partial charge in [-0.15, -0.1) is 0 Å². The van der Waals surface area contributed by atoms with Crippen LogP contribution in [0.2, 0.25) is 0 Å². The molecule has 0 aromatic carbocycles. The summed E-state index contributed by atoms with van der Waals surface area (Å²) < 4.78 is 13.1. The molecule has 66 valence electrons. The van der Waals surface area contributed by atoms with Crippen molar-refractivity contribution in [2.45, 2.75) is 25.8 Å². The van der Waals surface area contributed by atoms with Gasteiger partial charge >= 0.3 is 0 Å². The van der Waals surface area contributed by atoms with E-state index in [0.29, 0.717) is 0 Å². The molecule has 0 N–H and O–H groups in total. The Morgan fingerprint density at radius 2 is 2.33 bits per heavy atom. The van der Waals surface area contributed by atoms with Gasteiger partial charge in [-0.05, 0) is 13.0 Å². The summed E-state index contributed by atoms with van der Waals surface area (Å²) in [5, 5.41) is 10.5. The Labute approximate surface area is 69.7 Å². The van der Waals surface area contributed by atoms with E-state index >= 15 is 0 Å². The highest BCUT2D eigenvalue weighted by atomic mass is 19.1. The third-order valence-corrected chi connectivity index (χ3v) is 2.09. The first-order valence-corrected chi connectivity index (χ1v) is 3.66. The Bertz CT molecular complexity index is 283. The molecule has 4 heteroatoms. The highest BCUT2D eigenvalue weighted by molar-refractivity contribution is 5.29. The van der Waals surface area contributed by atoms with Gasteiger partial charge in [0.05, 0.1) is 0 Å². The van der Waals surface area contributed by atoms with Crippen molar-refractivity contribution in [3.05, 3.63) is 33.7 Å². The number of nitrogens with zero attached hydrogens (tertiary/aromatic N) is 1. The summed E-state index contributed by atoms with van der Waals surface area (Å²) in [6, 6.07) is 0. The third kappa shape index (κ3) is 1.24. The molecule has 0 amide bonds. The average molecular weight is 171 g/mol. The van der Waals surface area contributed by atoms with E-state index in [4.69, 9.17) is 0 Å². The van der Waals surface area contributed by atoms with Crippen molar-refractivity contribution in [1.82, 2.24) is 0 Å². The largest absolute Gasteiger partial charge is 0.273 e. The smallest absolute Gasteiger partial charge is 0.264 e. The standard InChI is InChI=1S/C8H10FNO2/c1-6-3-4-8(2,10(11)12)7(9)5-6/h3,5H,4H2,1-2H3. The fraction of sp³-hybridized carbons (Fsp3) is 0.500. The van der Waals surface area contributed by atoms with Gasteiger partial charge in [0, 0.05) is 18.3 Å². The SMILES string of the molecule is CC1=CCC(C)([N+](=O)[O-])C(F)=C1. The molecule has 1 unspecified atom stereocenters. The van der Waals surface area contributed by atoms with Crippen LogP contribution >= 0.6 is 0 Å². The van der Waals surface area contributed by atoms with Crippen LogP contribution in [0.4, 0.5) is 4.39 Å². The first kappa shape index (κ1) is 8.90. The summed E-state index contributed by atoms with van der Waals surface area (Å²) in [6.07, 6.45) is 3.02. The topological polar surface area (TPSA) is 43.1 Å². The lowest BCUT2D eigenvalue weighted by atomic mass is 9.90. The predicted molar refractivity (Wildman–Crippen MR) is 43.0 cm³/mol. The molecule has 0 saturated heterocycles. The number of hydrogen-bond acceptors (Lipinski definition) is 2. The molecule has 12 heavy (non-hydrogen) atoms. The van der Waals surface area contributed by atoms with Gasteiger partial charge in [-0.25, -0.2) is 4.39 Å². The molecule has 0 aliphatic heterocycles. The molecule has 0 saturated carbocycles. The van der Waals surface area contributed by atoms with Crippen LogP contribution in [0, 0.1) is 10.1 Å². The van der Waals surface area contributed by atoms with Crippen LogP contribution in [-0.4, -0.2) is 10.5 Å². The number of allylic oxidation sites excluding steroid dienone is 2. The molecule has 0 aromatic heterocycles. The third-order valence-electron chi connectivity index (χ3n) is 2.09. The lowest BCUT2D eigenvalue weighted by Crippen LogP contribution is -2.36. The van der Waals surface area contributed by atoms with Crippen molar-refractivity contribution in [2.24, 2.45) is 0 Å². The molecule has 1 rings (SSSR count). The summed E-state index contributed by atoms with van der Waals surface area (Å²) in [5.74, 6) is -0.660. The van der Waals surface area contributed by atoms with Crippen molar-refractivity contribution in [3.8, 4) is 0 Å².